The normalized spacial score (nSPS) is 11.9. The van der Waals surface area contributed by atoms with Crippen LogP contribution < -0.4 is 15.8 Å². The second-order valence-corrected chi connectivity index (χ2v) is 5.79. The lowest BCUT2D eigenvalue weighted by Gasteiger charge is -2.10. The van der Waals surface area contributed by atoms with E-state index in [4.69, 9.17) is 15.2 Å². The van der Waals surface area contributed by atoms with Gasteiger partial charge in [0.15, 0.2) is 0 Å². The van der Waals surface area contributed by atoms with E-state index in [1.54, 1.807) is 25.3 Å². The van der Waals surface area contributed by atoms with Crippen LogP contribution in [0.1, 0.15) is 6.42 Å². The average molecular weight is 300 g/mol. The van der Waals surface area contributed by atoms with Crippen molar-refractivity contribution in [1.29, 1.82) is 0 Å². The summed E-state index contributed by atoms with van der Waals surface area (Å²) in [5.74, 6) is 1.05. The fraction of sp³-hybridized carbons (Fsp3) is 0.462. The van der Waals surface area contributed by atoms with Gasteiger partial charge >= 0.3 is 0 Å². The first-order valence-corrected chi connectivity index (χ1v) is 7.63. The lowest BCUT2D eigenvalue weighted by molar-refractivity contribution is -0.115. The number of nitrogens with one attached hydrogen (secondary N) is 1. The molecule has 6 nitrogen and oxygen atoms in total. The number of anilines is 2. The van der Waals surface area contributed by atoms with Crippen LogP contribution >= 0.6 is 0 Å². The monoisotopic (exact) mass is 300 g/mol. The minimum atomic E-state index is -1.05. The Morgan fingerprint density at radius 2 is 2.10 bits per heavy atom. The molecule has 3 N–H and O–H groups in total. The molecule has 0 fully saturated rings. The van der Waals surface area contributed by atoms with E-state index in [1.165, 1.54) is 7.11 Å². The van der Waals surface area contributed by atoms with Crippen LogP contribution in [0.2, 0.25) is 0 Å². The van der Waals surface area contributed by atoms with Crippen molar-refractivity contribution in [2.45, 2.75) is 6.42 Å². The first-order valence-electron chi connectivity index (χ1n) is 6.14. The molecule has 0 radical (unpaired) electrons. The molecule has 0 heterocycles. The third-order valence-corrected chi connectivity index (χ3v) is 3.85. The molecule has 0 aliphatic carbocycles. The van der Waals surface area contributed by atoms with Crippen LogP contribution in [0.5, 0.6) is 5.75 Å². The molecule has 1 aromatic rings. The molecular weight excluding hydrogens is 280 g/mol. The van der Waals surface area contributed by atoms with Gasteiger partial charge in [-0.3, -0.25) is 9.00 Å². The number of nitrogen functional groups attached to an aromatic ring is 1. The molecule has 1 atom stereocenters. The smallest absolute Gasteiger partial charge is 0.225 e. The number of methoxy groups -OCH3 is 2. The highest BCUT2D eigenvalue weighted by molar-refractivity contribution is 7.85. The molecule has 1 aromatic carbocycles. The topological polar surface area (TPSA) is 90.7 Å². The molecule has 0 aromatic heterocycles. The van der Waals surface area contributed by atoms with Crippen LogP contribution in [-0.2, 0) is 20.3 Å². The standard InChI is InChI=1S/C13H20N2O4S/c1-18-6-8-20(17)7-5-13(16)15-11-9-10(14)3-4-12(11)19-2/h3-4,9H,5-8,14H2,1-2H3,(H,15,16). The fourth-order valence-corrected chi connectivity index (χ4v) is 2.49. The van der Waals surface area contributed by atoms with Gasteiger partial charge in [-0.1, -0.05) is 0 Å². The Morgan fingerprint density at radius 3 is 2.75 bits per heavy atom. The van der Waals surface area contributed by atoms with Crippen LogP contribution in [0.25, 0.3) is 0 Å². The number of hydrogen-bond acceptors (Lipinski definition) is 5. The molecule has 1 amide bonds. The Bertz CT molecular complexity index is 479. The predicted molar refractivity (Wildman–Crippen MR) is 80.4 cm³/mol. The van der Waals surface area contributed by atoms with Crippen LogP contribution in [0, 0.1) is 0 Å². The molecule has 20 heavy (non-hydrogen) atoms. The van der Waals surface area contributed by atoms with E-state index in [0.29, 0.717) is 35.2 Å². The Hall–Kier alpha value is -1.60. The van der Waals surface area contributed by atoms with Gasteiger partial charge in [0.1, 0.15) is 5.75 Å². The van der Waals surface area contributed by atoms with E-state index in [0.717, 1.165) is 0 Å². The summed E-state index contributed by atoms with van der Waals surface area (Å²) in [4.78, 5) is 11.8. The largest absolute Gasteiger partial charge is 0.495 e. The Morgan fingerprint density at radius 1 is 1.35 bits per heavy atom. The quantitative estimate of drug-likeness (QED) is 0.699. The maximum Gasteiger partial charge on any atom is 0.225 e. The molecule has 0 saturated heterocycles. The molecule has 0 saturated carbocycles. The van der Waals surface area contributed by atoms with Crippen molar-refractivity contribution in [3.8, 4) is 5.75 Å². The lowest BCUT2D eigenvalue weighted by Crippen LogP contribution is -2.17. The highest BCUT2D eigenvalue weighted by Crippen LogP contribution is 2.26. The molecule has 7 heteroatoms. The molecule has 1 unspecified atom stereocenters. The number of nitrogens with two attached hydrogens (primary N) is 1. The van der Waals surface area contributed by atoms with Crippen LogP contribution in [0.4, 0.5) is 11.4 Å². The number of carbonyl (C=O) groups is 1. The minimum Gasteiger partial charge on any atom is -0.495 e. The maximum atomic E-state index is 11.8. The summed E-state index contributed by atoms with van der Waals surface area (Å²) in [6, 6.07) is 4.99. The van der Waals surface area contributed by atoms with Crippen molar-refractivity contribution >= 4 is 28.1 Å². The summed E-state index contributed by atoms with van der Waals surface area (Å²) >= 11 is 0. The number of amides is 1. The zero-order chi connectivity index (χ0) is 15.0. The second-order valence-electron chi connectivity index (χ2n) is 4.10. The molecule has 0 aliphatic heterocycles. The summed E-state index contributed by atoms with van der Waals surface area (Å²) in [7, 11) is 2.01. The first-order chi connectivity index (χ1) is 9.56. The third kappa shape index (κ3) is 5.58. The summed E-state index contributed by atoms with van der Waals surface area (Å²) in [5, 5.41) is 2.70. The predicted octanol–water partition coefficient (Wildman–Crippen LogP) is 1.00. The van der Waals surface area contributed by atoms with Crippen molar-refractivity contribution in [2.24, 2.45) is 0 Å². The highest BCUT2D eigenvalue weighted by atomic mass is 32.2. The molecule has 0 spiro atoms. The van der Waals surface area contributed by atoms with Crippen LogP contribution in [0.3, 0.4) is 0 Å². The van der Waals surface area contributed by atoms with Gasteiger partial charge in [0.2, 0.25) is 5.91 Å². The number of benzene rings is 1. The van der Waals surface area contributed by atoms with Gasteiger partial charge < -0.3 is 20.5 Å². The van der Waals surface area contributed by atoms with Gasteiger partial charge in [-0.05, 0) is 18.2 Å². The van der Waals surface area contributed by atoms with Crippen LogP contribution in [0.15, 0.2) is 18.2 Å². The zero-order valence-electron chi connectivity index (χ0n) is 11.7. The van der Waals surface area contributed by atoms with Crippen molar-refractivity contribution in [2.75, 3.05) is 43.4 Å². The van der Waals surface area contributed by atoms with E-state index >= 15 is 0 Å². The van der Waals surface area contributed by atoms with Crippen molar-refractivity contribution < 1.29 is 18.5 Å². The van der Waals surface area contributed by atoms with Crippen molar-refractivity contribution in [3.05, 3.63) is 18.2 Å². The summed E-state index contributed by atoms with van der Waals surface area (Å²) in [6.45, 7) is 0.428. The molecule has 0 aliphatic rings. The van der Waals surface area contributed by atoms with Gasteiger partial charge in [-0.25, -0.2) is 0 Å². The zero-order valence-corrected chi connectivity index (χ0v) is 12.5. The van der Waals surface area contributed by atoms with Crippen LogP contribution in [-0.4, -0.2) is 42.4 Å². The molecule has 112 valence electrons. The van der Waals surface area contributed by atoms with E-state index in [9.17, 15) is 9.00 Å². The van der Waals surface area contributed by atoms with Gasteiger partial charge in [-0.15, -0.1) is 0 Å². The van der Waals surface area contributed by atoms with E-state index in [-0.39, 0.29) is 12.3 Å². The Kier molecular flexibility index (Phi) is 7.03. The highest BCUT2D eigenvalue weighted by Gasteiger charge is 2.09. The summed E-state index contributed by atoms with van der Waals surface area (Å²) in [6.07, 6.45) is 0.175. The molecular formula is C13H20N2O4S. The van der Waals surface area contributed by atoms with E-state index < -0.39 is 10.8 Å². The van der Waals surface area contributed by atoms with Crippen molar-refractivity contribution in [3.63, 3.8) is 0 Å². The number of hydrogen-bond donors (Lipinski definition) is 2. The Balaban J connectivity index is 2.50. The van der Waals surface area contributed by atoms with Crippen molar-refractivity contribution in [1.82, 2.24) is 0 Å². The Labute approximate surface area is 121 Å². The average Bonchev–Trinajstić information content (AvgIpc) is 2.43. The maximum absolute atomic E-state index is 11.8. The minimum absolute atomic E-state index is 0.175. The number of carbonyl (C=O) groups excluding carboxylic acids is 1. The van der Waals surface area contributed by atoms with Gasteiger partial charge in [0, 0.05) is 41.5 Å². The van der Waals surface area contributed by atoms with E-state index in [1.807, 2.05) is 0 Å². The van der Waals surface area contributed by atoms with E-state index in [2.05, 4.69) is 5.32 Å². The first kappa shape index (κ1) is 16.5. The molecule has 0 bridgehead atoms. The van der Waals surface area contributed by atoms with Gasteiger partial charge in [-0.2, -0.15) is 0 Å². The third-order valence-electron chi connectivity index (χ3n) is 2.57. The summed E-state index contributed by atoms with van der Waals surface area (Å²) in [5.41, 5.74) is 6.71. The van der Waals surface area contributed by atoms with Gasteiger partial charge in [0.05, 0.1) is 19.4 Å². The fourth-order valence-electron chi connectivity index (χ4n) is 1.52. The second kappa shape index (κ2) is 8.55. The van der Waals surface area contributed by atoms with Gasteiger partial charge in [0.25, 0.3) is 0 Å². The number of rotatable bonds is 8. The summed E-state index contributed by atoms with van der Waals surface area (Å²) < 4.78 is 21.5. The lowest BCUT2D eigenvalue weighted by atomic mass is 10.2. The SMILES string of the molecule is COCCS(=O)CCC(=O)Nc1cc(N)ccc1OC. The number of ether oxygens (including phenoxy) is 2. The molecule has 1 rings (SSSR count).